The van der Waals surface area contributed by atoms with E-state index in [2.05, 4.69) is 23.8 Å². The van der Waals surface area contributed by atoms with Crippen molar-refractivity contribution in [2.24, 2.45) is 23.7 Å². The molecule has 3 rings (SSSR count). The number of allylic oxidation sites excluding steroid dienone is 2. The Bertz CT molecular complexity index is 1060. The third-order valence-electron chi connectivity index (χ3n) is 8.37. The van der Waals surface area contributed by atoms with Crippen molar-refractivity contribution in [3.8, 4) is 0 Å². The molecule has 2 amide bonds. The molecule has 0 saturated heterocycles. The van der Waals surface area contributed by atoms with Gasteiger partial charge >= 0.3 is 0 Å². The quantitative estimate of drug-likeness (QED) is 0.398. The molecule has 206 valence electrons. The van der Waals surface area contributed by atoms with Crippen LogP contribution in [0, 0.1) is 23.7 Å². The molecule has 1 aromatic rings. The average Bonchev–Trinajstić information content (AvgIpc) is 3.53. The summed E-state index contributed by atoms with van der Waals surface area (Å²) in [4.78, 5) is 50.9. The van der Waals surface area contributed by atoms with Gasteiger partial charge in [-0.2, -0.15) is 0 Å². The molecule has 1 aromatic carbocycles. The number of hydrogen-bond acceptors (Lipinski definition) is 4. The molecule has 38 heavy (non-hydrogen) atoms. The Morgan fingerprint density at radius 3 is 1.37 bits per heavy atom. The standard InChI is InChI=1S/C32H44N2O4/c1-19(2)27(35)21-12-14-23(16-21)29(37)33-31(5,6)25-10-9-11-26(18-25)32(7,8)34-30(38)24-15-13-22(17-24)28(36)20(3)4/h9-11,18,21-24H,1,3,12-17H2,2,4-8H3,(H,33,37)(H,34,38). The van der Waals surface area contributed by atoms with Gasteiger partial charge in [0.1, 0.15) is 0 Å². The summed E-state index contributed by atoms with van der Waals surface area (Å²) < 4.78 is 0. The van der Waals surface area contributed by atoms with E-state index in [0.29, 0.717) is 36.8 Å². The summed E-state index contributed by atoms with van der Waals surface area (Å²) in [5.41, 5.74) is 1.71. The van der Waals surface area contributed by atoms with E-state index in [0.717, 1.165) is 24.0 Å². The number of carbonyl (C=O) groups excluding carboxylic acids is 4. The van der Waals surface area contributed by atoms with Gasteiger partial charge in [-0.05, 0) is 102 Å². The molecule has 2 N–H and O–H groups in total. The number of amides is 2. The highest BCUT2D eigenvalue weighted by atomic mass is 16.2. The number of nitrogens with one attached hydrogen (secondary N) is 2. The Balaban J connectivity index is 1.66. The van der Waals surface area contributed by atoms with Crippen molar-refractivity contribution >= 4 is 23.4 Å². The Hall–Kier alpha value is -3.02. The van der Waals surface area contributed by atoms with E-state index in [1.54, 1.807) is 13.8 Å². The second kappa shape index (κ2) is 11.4. The fraction of sp³-hybridized carbons (Fsp3) is 0.562. The molecule has 2 fully saturated rings. The van der Waals surface area contributed by atoms with Crippen LogP contribution in [0.25, 0.3) is 0 Å². The van der Waals surface area contributed by atoms with Crippen LogP contribution in [0.2, 0.25) is 0 Å². The monoisotopic (exact) mass is 520 g/mol. The highest BCUT2D eigenvalue weighted by Crippen LogP contribution is 2.36. The molecular weight excluding hydrogens is 476 g/mol. The Kier molecular flexibility index (Phi) is 8.85. The maximum absolute atomic E-state index is 13.1. The van der Waals surface area contributed by atoms with E-state index in [9.17, 15) is 19.2 Å². The average molecular weight is 521 g/mol. The first-order valence-corrected chi connectivity index (χ1v) is 13.8. The van der Waals surface area contributed by atoms with Crippen molar-refractivity contribution in [1.82, 2.24) is 10.6 Å². The van der Waals surface area contributed by atoms with Crippen molar-refractivity contribution in [3.63, 3.8) is 0 Å². The highest BCUT2D eigenvalue weighted by Gasteiger charge is 2.38. The molecule has 0 bridgehead atoms. The van der Waals surface area contributed by atoms with Gasteiger partial charge in [0.2, 0.25) is 11.8 Å². The van der Waals surface area contributed by atoms with E-state index in [4.69, 9.17) is 0 Å². The number of hydrogen-bond donors (Lipinski definition) is 2. The largest absolute Gasteiger partial charge is 0.347 e. The van der Waals surface area contributed by atoms with Gasteiger partial charge in [0.25, 0.3) is 0 Å². The Morgan fingerprint density at radius 1 is 0.684 bits per heavy atom. The molecular formula is C32H44N2O4. The second-order valence-corrected chi connectivity index (χ2v) is 12.5. The predicted molar refractivity (Wildman–Crippen MR) is 150 cm³/mol. The summed E-state index contributed by atoms with van der Waals surface area (Å²) in [6, 6.07) is 7.94. The van der Waals surface area contributed by atoms with Gasteiger partial charge in [0.15, 0.2) is 11.6 Å². The van der Waals surface area contributed by atoms with Crippen molar-refractivity contribution in [2.45, 2.75) is 91.1 Å². The van der Waals surface area contributed by atoms with Gasteiger partial charge in [0, 0.05) is 23.7 Å². The van der Waals surface area contributed by atoms with Crippen LogP contribution < -0.4 is 10.6 Å². The molecule has 4 atom stereocenters. The third kappa shape index (κ3) is 6.69. The van der Waals surface area contributed by atoms with Gasteiger partial charge in [-0.3, -0.25) is 19.2 Å². The Labute approximate surface area is 227 Å². The van der Waals surface area contributed by atoms with Crippen LogP contribution in [0.4, 0.5) is 0 Å². The minimum Gasteiger partial charge on any atom is -0.347 e. The van der Waals surface area contributed by atoms with Crippen molar-refractivity contribution < 1.29 is 19.2 Å². The topological polar surface area (TPSA) is 92.3 Å². The third-order valence-corrected chi connectivity index (χ3v) is 8.37. The molecule has 6 heteroatoms. The van der Waals surface area contributed by atoms with Crippen LogP contribution in [0.1, 0.15) is 91.2 Å². The summed E-state index contributed by atoms with van der Waals surface area (Å²) in [5, 5.41) is 6.39. The smallest absolute Gasteiger partial charge is 0.223 e. The summed E-state index contributed by atoms with van der Waals surface area (Å²) in [5.74, 6) is -0.558. The number of Topliss-reactive ketones (excluding diaryl/α,β-unsaturated/α-hetero) is 2. The fourth-order valence-electron chi connectivity index (χ4n) is 5.87. The fourth-order valence-corrected chi connectivity index (χ4v) is 5.87. The van der Waals surface area contributed by atoms with Crippen LogP contribution in [0.5, 0.6) is 0 Å². The lowest BCUT2D eigenvalue weighted by atomic mass is 9.86. The maximum atomic E-state index is 13.1. The molecule has 0 aromatic heterocycles. The van der Waals surface area contributed by atoms with Gasteiger partial charge < -0.3 is 10.6 Å². The van der Waals surface area contributed by atoms with Crippen LogP contribution >= 0.6 is 0 Å². The predicted octanol–water partition coefficient (Wildman–Crippen LogP) is 5.51. The van der Waals surface area contributed by atoms with Crippen molar-refractivity contribution in [2.75, 3.05) is 0 Å². The number of ketones is 2. The SMILES string of the molecule is C=C(C)C(=O)C1CCC(C(=O)NC(C)(C)c2cccc(C(C)(C)NC(=O)C3CCC(C(=O)C(=C)C)C3)c2)C1. The van der Waals surface area contributed by atoms with Gasteiger partial charge in [0.05, 0.1) is 11.1 Å². The molecule has 0 spiro atoms. The van der Waals surface area contributed by atoms with Crippen LogP contribution in [-0.2, 0) is 30.3 Å². The van der Waals surface area contributed by atoms with Gasteiger partial charge in [-0.25, -0.2) is 0 Å². The zero-order valence-electron chi connectivity index (χ0n) is 23.9. The van der Waals surface area contributed by atoms with E-state index >= 15 is 0 Å². The molecule has 2 saturated carbocycles. The normalized spacial score (nSPS) is 23.5. The lowest BCUT2D eigenvalue weighted by Gasteiger charge is -2.32. The van der Waals surface area contributed by atoms with E-state index in [1.807, 2.05) is 52.0 Å². The van der Waals surface area contributed by atoms with Crippen molar-refractivity contribution in [1.29, 1.82) is 0 Å². The molecule has 2 aliphatic carbocycles. The molecule has 0 heterocycles. The zero-order valence-corrected chi connectivity index (χ0v) is 23.9. The van der Waals surface area contributed by atoms with Crippen LogP contribution in [0.15, 0.2) is 48.6 Å². The molecule has 2 aliphatic rings. The molecule has 6 nitrogen and oxygen atoms in total. The summed E-state index contributed by atoms with van der Waals surface area (Å²) in [6.07, 6.45) is 3.96. The summed E-state index contributed by atoms with van der Waals surface area (Å²) in [7, 11) is 0. The zero-order chi connectivity index (χ0) is 28.4. The maximum Gasteiger partial charge on any atom is 0.223 e. The van der Waals surface area contributed by atoms with E-state index in [1.165, 1.54) is 0 Å². The Morgan fingerprint density at radius 2 is 1.03 bits per heavy atom. The highest BCUT2D eigenvalue weighted by molar-refractivity contribution is 5.97. The van der Waals surface area contributed by atoms with E-state index < -0.39 is 11.1 Å². The first kappa shape index (κ1) is 29.5. The number of carbonyl (C=O) groups is 4. The van der Waals surface area contributed by atoms with Crippen LogP contribution in [-0.4, -0.2) is 23.4 Å². The summed E-state index contributed by atoms with van der Waals surface area (Å²) >= 11 is 0. The minimum absolute atomic E-state index is 0.0370. The minimum atomic E-state index is -0.634. The number of benzene rings is 1. The van der Waals surface area contributed by atoms with E-state index in [-0.39, 0.29) is 47.1 Å². The lowest BCUT2D eigenvalue weighted by Crippen LogP contribution is -2.45. The molecule has 0 aliphatic heterocycles. The number of rotatable bonds is 10. The van der Waals surface area contributed by atoms with Gasteiger partial charge in [-0.1, -0.05) is 37.4 Å². The first-order chi connectivity index (χ1) is 17.6. The van der Waals surface area contributed by atoms with Gasteiger partial charge in [-0.15, -0.1) is 0 Å². The first-order valence-electron chi connectivity index (χ1n) is 13.8. The molecule has 0 radical (unpaired) electrons. The molecule has 4 unspecified atom stereocenters. The summed E-state index contributed by atoms with van der Waals surface area (Å²) in [6.45, 7) is 18.9. The lowest BCUT2D eigenvalue weighted by molar-refractivity contribution is -0.127. The second-order valence-electron chi connectivity index (χ2n) is 12.5. The van der Waals surface area contributed by atoms with Crippen LogP contribution in [0.3, 0.4) is 0 Å². The van der Waals surface area contributed by atoms with Crippen molar-refractivity contribution in [3.05, 3.63) is 59.7 Å².